The molecule has 2 bridgehead atoms. The molecular formula is C16H22O3. The highest BCUT2D eigenvalue weighted by Gasteiger charge is 2.52. The van der Waals surface area contributed by atoms with Gasteiger partial charge in [-0.25, -0.2) is 4.79 Å². The SMILES string of the molecule is C=C(C)C(=O)OCCO[C@@H]1C[C@H]2C[C@H]1[C@@H]1CC=C[C@H]21. The maximum absolute atomic E-state index is 11.2. The molecule has 0 N–H and O–H groups in total. The van der Waals surface area contributed by atoms with Crippen LogP contribution in [0.5, 0.6) is 0 Å². The van der Waals surface area contributed by atoms with E-state index in [1.165, 1.54) is 19.3 Å². The first kappa shape index (κ1) is 12.9. The molecule has 3 aliphatic rings. The Morgan fingerprint density at radius 3 is 2.95 bits per heavy atom. The first-order valence-electron chi connectivity index (χ1n) is 7.27. The highest BCUT2D eigenvalue weighted by molar-refractivity contribution is 5.86. The van der Waals surface area contributed by atoms with E-state index < -0.39 is 0 Å². The van der Waals surface area contributed by atoms with E-state index >= 15 is 0 Å². The Hall–Kier alpha value is -1.09. The van der Waals surface area contributed by atoms with Crippen molar-refractivity contribution >= 4 is 5.97 Å². The van der Waals surface area contributed by atoms with Gasteiger partial charge in [0, 0.05) is 5.57 Å². The van der Waals surface area contributed by atoms with E-state index in [0.29, 0.717) is 24.9 Å². The van der Waals surface area contributed by atoms with Crippen molar-refractivity contribution in [1.29, 1.82) is 0 Å². The summed E-state index contributed by atoms with van der Waals surface area (Å²) < 4.78 is 11.0. The molecule has 3 nitrogen and oxygen atoms in total. The molecule has 2 saturated carbocycles. The maximum atomic E-state index is 11.2. The fourth-order valence-corrected chi connectivity index (χ4v) is 4.14. The van der Waals surface area contributed by atoms with Crippen LogP contribution in [-0.2, 0) is 14.3 Å². The van der Waals surface area contributed by atoms with Crippen molar-refractivity contribution < 1.29 is 14.3 Å². The molecule has 3 heteroatoms. The Labute approximate surface area is 114 Å². The average molecular weight is 262 g/mol. The van der Waals surface area contributed by atoms with E-state index in [4.69, 9.17) is 9.47 Å². The molecule has 0 aliphatic heterocycles. The molecule has 0 aromatic carbocycles. The fraction of sp³-hybridized carbons (Fsp3) is 0.688. The third-order valence-electron chi connectivity index (χ3n) is 4.94. The van der Waals surface area contributed by atoms with Crippen LogP contribution in [0.3, 0.4) is 0 Å². The standard InChI is InChI=1S/C16H22O3/c1-10(2)16(17)19-7-6-18-15-9-11-8-14(15)13-5-3-4-12(11)13/h3-4,11-15H,1,5-9H2,2H3/t11-,12-,13-,14+,15-/m1/s1. The van der Waals surface area contributed by atoms with E-state index in [1.807, 2.05) is 0 Å². The van der Waals surface area contributed by atoms with Gasteiger partial charge in [0.05, 0.1) is 12.7 Å². The number of hydrogen-bond donors (Lipinski definition) is 0. The number of rotatable bonds is 5. The van der Waals surface area contributed by atoms with Crippen molar-refractivity contribution in [3.63, 3.8) is 0 Å². The van der Waals surface area contributed by atoms with Gasteiger partial charge >= 0.3 is 5.97 Å². The largest absolute Gasteiger partial charge is 0.460 e. The smallest absolute Gasteiger partial charge is 0.333 e. The van der Waals surface area contributed by atoms with Crippen LogP contribution in [-0.4, -0.2) is 25.3 Å². The number of fused-ring (bicyclic) bond motifs is 5. The number of ether oxygens (including phenoxy) is 2. The maximum Gasteiger partial charge on any atom is 0.333 e. The number of carbonyl (C=O) groups excluding carboxylic acids is 1. The Morgan fingerprint density at radius 2 is 2.16 bits per heavy atom. The average Bonchev–Trinajstić information content (AvgIpc) is 3.05. The molecule has 0 amide bonds. The van der Waals surface area contributed by atoms with Crippen LogP contribution in [0.4, 0.5) is 0 Å². The molecule has 19 heavy (non-hydrogen) atoms. The summed E-state index contributed by atoms with van der Waals surface area (Å²) in [5, 5.41) is 0. The van der Waals surface area contributed by atoms with Gasteiger partial charge in [-0.05, 0) is 49.9 Å². The van der Waals surface area contributed by atoms with Crippen molar-refractivity contribution in [3.8, 4) is 0 Å². The molecule has 0 aromatic heterocycles. The van der Waals surface area contributed by atoms with Gasteiger partial charge in [0.15, 0.2) is 0 Å². The summed E-state index contributed by atoms with van der Waals surface area (Å²) in [5.41, 5.74) is 0.444. The molecule has 2 fully saturated rings. The molecule has 104 valence electrons. The zero-order chi connectivity index (χ0) is 13.4. The van der Waals surface area contributed by atoms with Crippen LogP contribution >= 0.6 is 0 Å². The second-order valence-electron chi connectivity index (χ2n) is 6.13. The quantitative estimate of drug-likeness (QED) is 0.331. The lowest BCUT2D eigenvalue weighted by molar-refractivity contribution is -0.141. The summed E-state index contributed by atoms with van der Waals surface area (Å²) in [6.07, 6.45) is 8.89. The predicted octanol–water partition coefficient (Wildman–Crippen LogP) is 2.72. The van der Waals surface area contributed by atoms with Gasteiger partial charge < -0.3 is 9.47 Å². The fourth-order valence-electron chi connectivity index (χ4n) is 4.14. The van der Waals surface area contributed by atoms with Gasteiger partial charge in [0.2, 0.25) is 0 Å². The summed E-state index contributed by atoms with van der Waals surface area (Å²) in [6, 6.07) is 0. The Kier molecular flexibility index (Phi) is 3.48. The minimum atomic E-state index is -0.323. The normalized spacial score (nSPS) is 38.5. The van der Waals surface area contributed by atoms with Crippen LogP contribution in [0, 0.1) is 23.7 Å². The lowest BCUT2D eigenvalue weighted by atomic mass is 9.80. The van der Waals surface area contributed by atoms with E-state index in [0.717, 1.165) is 23.7 Å². The minimum absolute atomic E-state index is 0.323. The molecule has 3 rings (SSSR count). The topological polar surface area (TPSA) is 35.5 Å². The zero-order valence-electron chi connectivity index (χ0n) is 11.5. The van der Waals surface area contributed by atoms with Gasteiger partial charge in [-0.15, -0.1) is 0 Å². The van der Waals surface area contributed by atoms with E-state index in [-0.39, 0.29) is 5.97 Å². The molecular weight excluding hydrogens is 240 g/mol. The molecule has 0 radical (unpaired) electrons. The summed E-state index contributed by atoms with van der Waals surface area (Å²) in [6.45, 7) is 6.07. The molecule has 0 heterocycles. The first-order chi connectivity index (χ1) is 9.16. The summed E-state index contributed by atoms with van der Waals surface area (Å²) in [5.74, 6) is 2.88. The Balaban J connectivity index is 1.41. The highest BCUT2D eigenvalue weighted by atomic mass is 16.6. The second-order valence-corrected chi connectivity index (χ2v) is 6.13. The van der Waals surface area contributed by atoms with Crippen LogP contribution in [0.25, 0.3) is 0 Å². The van der Waals surface area contributed by atoms with Crippen LogP contribution in [0.1, 0.15) is 26.2 Å². The lowest BCUT2D eigenvalue weighted by Gasteiger charge is -2.31. The van der Waals surface area contributed by atoms with Crippen molar-refractivity contribution in [2.24, 2.45) is 23.7 Å². The first-order valence-corrected chi connectivity index (χ1v) is 7.27. The Morgan fingerprint density at radius 1 is 1.32 bits per heavy atom. The van der Waals surface area contributed by atoms with Gasteiger partial charge in [-0.1, -0.05) is 18.7 Å². The van der Waals surface area contributed by atoms with Gasteiger partial charge in [-0.3, -0.25) is 0 Å². The van der Waals surface area contributed by atoms with E-state index in [9.17, 15) is 4.79 Å². The van der Waals surface area contributed by atoms with Gasteiger partial charge in [0.25, 0.3) is 0 Å². The van der Waals surface area contributed by atoms with E-state index in [2.05, 4.69) is 18.7 Å². The van der Waals surface area contributed by atoms with E-state index in [1.54, 1.807) is 6.92 Å². The van der Waals surface area contributed by atoms with Crippen molar-refractivity contribution in [1.82, 2.24) is 0 Å². The molecule has 0 saturated heterocycles. The molecule has 3 aliphatic carbocycles. The van der Waals surface area contributed by atoms with Crippen molar-refractivity contribution in [2.45, 2.75) is 32.3 Å². The molecule has 0 aromatic rings. The lowest BCUT2D eigenvalue weighted by Crippen LogP contribution is -2.31. The van der Waals surface area contributed by atoms with Crippen LogP contribution in [0.15, 0.2) is 24.3 Å². The minimum Gasteiger partial charge on any atom is -0.460 e. The third-order valence-corrected chi connectivity index (χ3v) is 4.94. The zero-order valence-corrected chi connectivity index (χ0v) is 11.5. The highest BCUT2D eigenvalue weighted by Crippen LogP contribution is 2.57. The summed E-state index contributed by atoms with van der Waals surface area (Å²) in [7, 11) is 0. The summed E-state index contributed by atoms with van der Waals surface area (Å²) in [4.78, 5) is 11.2. The number of esters is 1. The summed E-state index contributed by atoms with van der Waals surface area (Å²) >= 11 is 0. The van der Waals surface area contributed by atoms with Gasteiger partial charge in [0.1, 0.15) is 6.61 Å². The van der Waals surface area contributed by atoms with Crippen LogP contribution < -0.4 is 0 Å². The number of allylic oxidation sites excluding steroid dienone is 2. The predicted molar refractivity (Wildman–Crippen MR) is 72.5 cm³/mol. The van der Waals surface area contributed by atoms with Crippen LogP contribution in [0.2, 0.25) is 0 Å². The third kappa shape index (κ3) is 2.36. The van der Waals surface area contributed by atoms with Gasteiger partial charge in [-0.2, -0.15) is 0 Å². The number of carbonyl (C=O) groups is 1. The monoisotopic (exact) mass is 262 g/mol. The second kappa shape index (κ2) is 5.12. The molecule has 0 unspecified atom stereocenters. The van der Waals surface area contributed by atoms with Crippen molar-refractivity contribution in [3.05, 3.63) is 24.3 Å². The molecule has 0 spiro atoms. The molecule has 5 atom stereocenters. The Bertz CT molecular complexity index is 412. The van der Waals surface area contributed by atoms with Crippen molar-refractivity contribution in [2.75, 3.05) is 13.2 Å². The number of hydrogen-bond acceptors (Lipinski definition) is 3.